The Kier molecular flexibility index (Phi) is 4.04. The number of ether oxygens (including phenoxy) is 2. The van der Waals surface area contributed by atoms with Crippen LogP contribution in [0.25, 0.3) is 11.1 Å². The lowest BCUT2D eigenvalue weighted by molar-refractivity contribution is -0.125. The minimum absolute atomic E-state index is 0.0660. The monoisotopic (exact) mass is 353 g/mol. The van der Waals surface area contributed by atoms with Crippen LogP contribution >= 0.6 is 0 Å². The molecule has 4 rings (SSSR count). The summed E-state index contributed by atoms with van der Waals surface area (Å²) < 4.78 is 25.6. The van der Waals surface area contributed by atoms with Gasteiger partial charge in [0, 0.05) is 11.8 Å². The highest BCUT2D eigenvalue weighted by molar-refractivity contribution is 5.95. The summed E-state index contributed by atoms with van der Waals surface area (Å²) in [5.74, 6) is 0.0834. The predicted octanol–water partition coefficient (Wildman–Crippen LogP) is 3.30. The highest BCUT2D eigenvalue weighted by Crippen LogP contribution is 2.32. The molecule has 1 aliphatic rings. The van der Waals surface area contributed by atoms with Crippen molar-refractivity contribution in [3.63, 3.8) is 0 Å². The number of benzene rings is 2. The Bertz CT molecular complexity index is 957. The number of amides is 1. The van der Waals surface area contributed by atoms with Crippen LogP contribution < -0.4 is 14.8 Å². The number of carbonyl (C=O) groups excluding carboxylic acids is 1. The number of carbonyl (C=O) groups is 1. The number of hydrogen-bond acceptors (Lipinski definition) is 4. The largest absolute Gasteiger partial charge is 0.485 e. The van der Waals surface area contributed by atoms with Gasteiger partial charge in [0.25, 0.3) is 5.91 Å². The van der Waals surface area contributed by atoms with E-state index in [0.717, 1.165) is 11.1 Å². The fraction of sp³-hybridized carbons (Fsp3) is 0.158. The SMILES string of the molecule is Cc1cc(NC(=O)[C@@H]2COc3ccccc3O2)c(F)cc1-c1cn[nH]c1. The zero-order valence-electron chi connectivity index (χ0n) is 14.0. The molecular formula is C19H16FN3O3. The lowest BCUT2D eigenvalue weighted by atomic mass is 10.0. The number of aromatic nitrogens is 2. The molecule has 0 radical (unpaired) electrons. The third kappa shape index (κ3) is 2.99. The molecule has 132 valence electrons. The molecule has 2 aromatic carbocycles. The van der Waals surface area contributed by atoms with Gasteiger partial charge in [-0.1, -0.05) is 12.1 Å². The van der Waals surface area contributed by atoms with Crippen LogP contribution in [-0.4, -0.2) is 28.8 Å². The van der Waals surface area contributed by atoms with E-state index in [4.69, 9.17) is 9.47 Å². The van der Waals surface area contributed by atoms with Crippen molar-refractivity contribution in [3.8, 4) is 22.6 Å². The summed E-state index contributed by atoms with van der Waals surface area (Å²) in [4.78, 5) is 12.5. The molecule has 1 amide bonds. The van der Waals surface area contributed by atoms with Crippen molar-refractivity contribution < 1.29 is 18.7 Å². The van der Waals surface area contributed by atoms with Gasteiger partial charge in [-0.15, -0.1) is 0 Å². The zero-order chi connectivity index (χ0) is 18.1. The van der Waals surface area contributed by atoms with Crippen molar-refractivity contribution in [3.05, 3.63) is 60.2 Å². The summed E-state index contributed by atoms with van der Waals surface area (Å²) in [6.45, 7) is 1.91. The smallest absolute Gasteiger partial charge is 0.269 e. The van der Waals surface area contributed by atoms with Gasteiger partial charge in [-0.2, -0.15) is 5.10 Å². The number of aryl methyl sites for hydroxylation is 1. The summed E-state index contributed by atoms with van der Waals surface area (Å²) in [5, 5.41) is 9.15. The number of aromatic amines is 1. The summed E-state index contributed by atoms with van der Waals surface area (Å²) >= 11 is 0. The highest BCUT2D eigenvalue weighted by atomic mass is 19.1. The van der Waals surface area contributed by atoms with E-state index in [2.05, 4.69) is 15.5 Å². The third-order valence-corrected chi connectivity index (χ3v) is 4.18. The van der Waals surface area contributed by atoms with E-state index < -0.39 is 17.8 Å². The number of H-pyrrole nitrogens is 1. The van der Waals surface area contributed by atoms with Crippen LogP contribution in [0.3, 0.4) is 0 Å². The molecule has 6 nitrogen and oxygen atoms in total. The number of fused-ring (bicyclic) bond motifs is 1. The van der Waals surface area contributed by atoms with Gasteiger partial charge in [0.05, 0.1) is 11.9 Å². The molecule has 26 heavy (non-hydrogen) atoms. The van der Waals surface area contributed by atoms with Gasteiger partial charge in [-0.3, -0.25) is 9.89 Å². The fourth-order valence-corrected chi connectivity index (χ4v) is 2.85. The van der Waals surface area contributed by atoms with Crippen molar-refractivity contribution in [2.24, 2.45) is 0 Å². The van der Waals surface area contributed by atoms with Gasteiger partial charge in [0.2, 0.25) is 6.10 Å². The molecule has 2 heterocycles. The second-order valence-electron chi connectivity index (χ2n) is 5.99. The minimum atomic E-state index is -0.849. The summed E-state index contributed by atoms with van der Waals surface area (Å²) in [5.41, 5.74) is 2.40. The first-order valence-corrected chi connectivity index (χ1v) is 8.10. The van der Waals surface area contributed by atoms with E-state index in [1.807, 2.05) is 13.0 Å². The number of nitrogens with zero attached hydrogens (tertiary/aromatic N) is 1. The topological polar surface area (TPSA) is 76.2 Å². The molecule has 0 saturated heterocycles. The Morgan fingerprint density at radius 2 is 2.12 bits per heavy atom. The second-order valence-corrected chi connectivity index (χ2v) is 5.99. The maximum atomic E-state index is 14.5. The Balaban J connectivity index is 1.52. The molecule has 7 heteroatoms. The fourth-order valence-electron chi connectivity index (χ4n) is 2.85. The van der Waals surface area contributed by atoms with E-state index in [9.17, 15) is 9.18 Å². The predicted molar refractivity (Wildman–Crippen MR) is 93.7 cm³/mol. The summed E-state index contributed by atoms with van der Waals surface area (Å²) in [6.07, 6.45) is 2.45. The molecule has 1 atom stereocenters. The van der Waals surface area contributed by atoms with Crippen LogP contribution in [0.4, 0.5) is 10.1 Å². The number of anilines is 1. The van der Waals surface area contributed by atoms with Gasteiger partial charge in [0.1, 0.15) is 12.4 Å². The van der Waals surface area contributed by atoms with Crippen molar-refractivity contribution in [1.29, 1.82) is 0 Å². The molecule has 0 fully saturated rings. The van der Waals surface area contributed by atoms with Gasteiger partial charge < -0.3 is 14.8 Å². The number of halogens is 1. The first kappa shape index (κ1) is 16.1. The van der Waals surface area contributed by atoms with Gasteiger partial charge in [-0.05, 0) is 42.3 Å². The molecule has 1 aromatic heterocycles. The van der Waals surface area contributed by atoms with Crippen LogP contribution in [0.1, 0.15) is 5.56 Å². The number of hydrogen-bond donors (Lipinski definition) is 2. The van der Waals surface area contributed by atoms with Crippen molar-refractivity contribution in [2.45, 2.75) is 13.0 Å². The van der Waals surface area contributed by atoms with Crippen LogP contribution in [-0.2, 0) is 4.79 Å². The summed E-state index contributed by atoms with van der Waals surface area (Å²) in [6, 6.07) is 10.1. The van der Waals surface area contributed by atoms with Crippen molar-refractivity contribution in [2.75, 3.05) is 11.9 Å². The molecule has 0 spiro atoms. The Morgan fingerprint density at radius 1 is 1.31 bits per heavy atom. The quantitative estimate of drug-likeness (QED) is 0.757. The number of para-hydroxylation sites is 2. The normalized spacial score (nSPS) is 15.5. The molecule has 0 aliphatic carbocycles. The average molecular weight is 353 g/mol. The second kappa shape index (κ2) is 6.51. The molecule has 2 N–H and O–H groups in total. The molecule has 1 aliphatic heterocycles. The average Bonchev–Trinajstić information content (AvgIpc) is 3.18. The van der Waals surface area contributed by atoms with Crippen LogP contribution in [0, 0.1) is 12.7 Å². The van der Waals surface area contributed by atoms with Crippen LogP contribution in [0.5, 0.6) is 11.5 Å². The molecule has 0 saturated carbocycles. The maximum Gasteiger partial charge on any atom is 0.269 e. The maximum absolute atomic E-state index is 14.5. The highest BCUT2D eigenvalue weighted by Gasteiger charge is 2.28. The first-order chi connectivity index (χ1) is 12.6. The first-order valence-electron chi connectivity index (χ1n) is 8.10. The van der Waals surface area contributed by atoms with Gasteiger partial charge in [0.15, 0.2) is 11.5 Å². The third-order valence-electron chi connectivity index (χ3n) is 4.18. The zero-order valence-corrected chi connectivity index (χ0v) is 14.0. The van der Waals surface area contributed by atoms with E-state index in [0.29, 0.717) is 17.1 Å². The van der Waals surface area contributed by atoms with E-state index in [1.54, 1.807) is 36.7 Å². The molecule has 0 unspecified atom stereocenters. The van der Waals surface area contributed by atoms with E-state index in [-0.39, 0.29) is 12.3 Å². The molecular weight excluding hydrogens is 337 g/mol. The number of rotatable bonds is 3. The standard InChI is InChI=1S/C19H16FN3O3/c1-11-6-15(14(20)7-13(11)12-8-21-22-9-12)23-19(24)18-10-25-16-4-2-3-5-17(16)26-18/h2-9,18H,10H2,1H3,(H,21,22)(H,23,24)/t18-/m0/s1. The minimum Gasteiger partial charge on any atom is -0.485 e. The van der Waals surface area contributed by atoms with Crippen molar-refractivity contribution in [1.82, 2.24) is 10.2 Å². The van der Waals surface area contributed by atoms with E-state index in [1.165, 1.54) is 6.07 Å². The molecule has 3 aromatic rings. The molecule has 0 bridgehead atoms. The van der Waals surface area contributed by atoms with Gasteiger partial charge in [-0.25, -0.2) is 4.39 Å². The van der Waals surface area contributed by atoms with E-state index >= 15 is 0 Å². The lowest BCUT2D eigenvalue weighted by Gasteiger charge is -2.25. The van der Waals surface area contributed by atoms with Crippen LogP contribution in [0.15, 0.2) is 48.8 Å². The van der Waals surface area contributed by atoms with Crippen LogP contribution in [0.2, 0.25) is 0 Å². The Hall–Kier alpha value is -3.35. The lowest BCUT2D eigenvalue weighted by Crippen LogP contribution is -2.40. The number of nitrogens with one attached hydrogen (secondary N) is 2. The Morgan fingerprint density at radius 3 is 2.88 bits per heavy atom. The van der Waals surface area contributed by atoms with Gasteiger partial charge >= 0.3 is 0 Å². The Labute approximate surface area is 149 Å². The summed E-state index contributed by atoms with van der Waals surface area (Å²) in [7, 11) is 0. The van der Waals surface area contributed by atoms with Crippen molar-refractivity contribution >= 4 is 11.6 Å².